The monoisotopic (exact) mass is 295 g/mol. The van der Waals surface area contributed by atoms with E-state index in [1.807, 2.05) is 0 Å². The van der Waals surface area contributed by atoms with Gasteiger partial charge in [-0.3, -0.25) is 0 Å². The molecule has 0 radical (unpaired) electrons. The van der Waals surface area contributed by atoms with E-state index in [9.17, 15) is 9.59 Å². The van der Waals surface area contributed by atoms with Crippen molar-refractivity contribution in [3.63, 3.8) is 0 Å². The number of carbonyl (C=O) groups excluding carboxylic acids is 1. The summed E-state index contributed by atoms with van der Waals surface area (Å²) < 4.78 is 4.62. The molecule has 104 valence electrons. The van der Waals surface area contributed by atoms with Crippen molar-refractivity contribution in [1.29, 1.82) is 0 Å². The van der Waals surface area contributed by atoms with E-state index in [1.54, 1.807) is 6.07 Å². The third kappa shape index (κ3) is 3.48. The lowest BCUT2D eigenvalue weighted by molar-refractivity contribution is 0.0697. The largest absolute Gasteiger partial charge is 0.478 e. The van der Waals surface area contributed by atoms with Crippen LogP contribution in [0.5, 0.6) is 0 Å². The molecule has 0 spiro atoms. The lowest BCUT2D eigenvalue weighted by atomic mass is 10.2. The number of carboxylic acids is 1. The number of hydrogen-bond acceptors (Lipinski definition) is 4. The summed E-state index contributed by atoms with van der Waals surface area (Å²) in [5, 5.41) is 17.6. The standard InChI is InChI=1S/C12H10ClN3O4/c13-9-5-7(11(17)18)1-2-10(9)15-12(19)14-6-8-3-4-20-16-8/h1-5H,6H2,(H,17,18)(H2,14,15,19). The second kappa shape index (κ2) is 6.07. The highest BCUT2D eigenvalue weighted by Gasteiger charge is 2.09. The van der Waals surface area contributed by atoms with Crippen LogP contribution in [0.4, 0.5) is 10.5 Å². The van der Waals surface area contributed by atoms with Gasteiger partial charge in [0.2, 0.25) is 0 Å². The number of rotatable bonds is 4. The number of urea groups is 1. The van der Waals surface area contributed by atoms with Crippen molar-refractivity contribution in [1.82, 2.24) is 10.5 Å². The summed E-state index contributed by atoms with van der Waals surface area (Å²) >= 11 is 5.88. The molecule has 20 heavy (non-hydrogen) atoms. The maximum absolute atomic E-state index is 11.6. The molecule has 7 nitrogen and oxygen atoms in total. The average Bonchev–Trinajstić information content (AvgIpc) is 2.91. The molecular weight excluding hydrogens is 286 g/mol. The van der Waals surface area contributed by atoms with Crippen LogP contribution < -0.4 is 10.6 Å². The molecule has 1 aromatic heterocycles. The number of halogens is 1. The summed E-state index contributed by atoms with van der Waals surface area (Å²) in [6, 6.07) is 5.16. The number of nitrogens with one attached hydrogen (secondary N) is 2. The Bertz CT molecular complexity index is 628. The van der Waals surface area contributed by atoms with Gasteiger partial charge in [0.15, 0.2) is 0 Å². The fourth-order valence-corrected chi connectivity index (χ4v) is 1.64. The number of nitrogens with zero attached hydrogens (tertiary/aromatic N) is 1. The van der Waals surface area contributed by atoms with Crippen LogP contribution in [-0.4, -0.2) is 22.3 Å². The van der Waals surface area contributed by atoms with Gasteiger partial charge in [-0.2, -0.15) is 0 Å². The maximum atomic E-state index is 11.6. The summed E-state index contributed by atoms with van der Waals surface area (Å²) in [4.78, 5) is 22.4. The van der Waals surface area contributed by atoms with Crippen LogP contribution in [0, 0.1) is 0 Å². The van der Waals surface area contributed by atoms with E-state index in [4.69, 9.17) is 16.7 Å². The van der Waals surface area contributed by atoms with Crippen LogP contribution in [0.3, 0.4) is 0 Å². The van der Waals surface area contributed by atoms with Gasteiger partial charge in [0.1, 0.15) is 12.0 Å². The summed E-state index contributed by atoms with van der Waals surface area (Å²) in [5.74, 6) is -1.09. The van der Waals surface area contributed by atoms with Crippen molar-refractivity contribution in [2.24, 2.45) is 0 Å². The normalized spacial score (nSPS) is 10.1. The SMILES string of the molecule is O=C(NCc1ccon1)Nc1ccc(C(=O)O)cc1Cl. The highest BCUT2D eigenvalue weighted by molar-refractivity contribution is 6.34. The van der Waals surface area contributed by atoms with Crippen LogP contribution in [0.1, 0.15) is 16.1 Å². The predicted octanol–water partition coefficient (Wildman–Crippen LogP) is 2.35. The zero-order chi connectivity index (χ0) is 14.5. The number of anilines is 1. The Kier molecular flexibility index (Phi) is 4.21. The van der Waals surface area contributed by atoms with E-state index in [-0.39, 0.29) is 17.1 Å². The quantitative estimate of drug-likeness (QED) is 0.803. The topological polar surface area (TPSA) is 104 Å². The third-order valence-electron chi connectivity index (χ3n) is 2.39. The highest BCUT2D eigenvalue weighted by Crippen LogP contribution is 2.22. The lowest BCUT2D eigenvalue weighted by Crippen LogP contribution is -2.28. The second-order valence-electron chi connectivity index (χ2n) is 3.80. The molecule has 0 fully saturated rings. The zero-order valence-corrected chi connectivity index (χ0v) is 10.8. The summed E-state index contributed by atoms with van der Waals surface area (Å²) in [5.41, 5.74) is 0.936. The number of hydrogen-bond donors (Lipinski definition) is 3. The number of aromatic carboxylic acids is 1. The number of benzene rings is 1. The molecule has 0 aliphatic heterocycles. The minimum absolute atomic E-state index is 0.0450. The smallest absolute Gasteiger partial charge is 0.335 e. The molecule has 2 rings (SSSR count). The molecule has 0 bridgehead atoms. The van der Waals surface area contributed by atoms with Gasteiger partial charge in [-0.05, 0) is 18.2 Å². The number of carbonyl (C=O) groups is 2. The highest BCUT2D eigenvalue weighted by atomic mass is 35.5. The molecule has 0 atom stereocenters. The average molecular weight is 296 g/mol. The molecule has 0 unspecified atom stereocenters. The van der Waals surface area contributed by atoms with Crippen molar-refractivity contribution >= 4 is 29.3 Å². The van der Waals surface area contributed by atoms with Gasteiger partial charge in [0, 0.05) is 6.07 Å². The fourth-order valence-electron chi connectivity index (χ4n) is 1.42. The first-order valence-electron chi connectivity index (χ1n) is 5.53. The Balaban J connectivity index is 1.95. The molecule has 0 saturated heterocycles. The minimum atomic E-state index is -1.09. The number of aromatic nitrogens is 1. The molecule has 2 aromatic rings. The Labute approximate surface area is 118 Å². The molecule has 0 aliphatic rings. The van der Waals surface area contributed by atoms with E-state index in [0.717, 1.165) is 0 Å². The van der Waals surface area contributed by atoms with Crippen LogP contribution in [-0.2, 0) is 6.54 Å². The number of amides is 2. The van der Waals surface area contributed by atoms with E-state index in [1.165, 1.54) is 24.5 Å². The Morgan fingerprint density at radius 2 is 2.15 bits per heavy atom. The van der Waals surface area contributed by atoms with Crippen molar-refractivity contribution in [3.05, 3.63) is 46.8 Å². The Morgan fingerprint density at radius 3 is 2.75 bits per heavy atom. The number of carboxylic acid groups (broad SMARTS) is 1. The summed E-state index contributed by atoms with van der Waals surface area (Å²) in [6.07, 6.45) is 1.40. The van der Waals surface area contributed by atoms with E-state index < -0.39 is 12.0 Å². The van der Waals surface area contributed by atoms with E-state index in [2.05, 4.69) is 20.3 Å². The predicted molar refractivity (Wildman–Crippen MR) is 70.8 cm³/mol. The first-order valence-corrected chi connectivity index (χ1v) is 5.91. The molecule has 0 saturated carbocycles. The molecule has 1 aromatic carbocycles. The molecule has 1 heterocycles. The van der Waals surface area contributed by atoms with E-state index >= 15 is 0 Å². The van der Waals surface area contributed by atoms with Crippen molar-refractivity contribution in [2.45, 2.75) is 6.54 Å². The van der Waals surface area contributed by atoms with Crippen molar-refractivity contribution in [2.75, 3.05) is 5.32 Å². The van der Waals surface area contributed by atoms with Crippen LogP contribution >= 0.6 is 11.6 Å². The first-order chi connectivity index (χ1) is 9.56. The molecular formula is C12H10ClN3O4. The van der Waals surface area contributed by atoms with Crippen LogP contribution in [0.25, 0.3) is 0 Å². The van der Waals surface area contributed by atoms with E-state index in [0.29, 0.717) is 11.4 Å². The van der Waals surface area contributed by atoms with Crippen LogP contribution in [0.2, 0.25) is 5.02 Å². The fraction of sp³-hybridized carbons (Fsp3) is 0.0833. The second-order valence-corrected chi connectivity index (χ2v) is 4.21. The minimum Gasteiger partial charge on any atom is -0.478 e. The van der Waals surface area contributed by atoms with Gasteiger partial charge in [-0.25, -0.2) is 9.59 Å². The van der Waals surface area contributed by atoms with Gasteiger partial charge in [-0.1, -0.05) is 16.8 Å². The lowest BCUT2D eigenvalue weighted by Gasteiger charge is -2.08. The molecule has 8 heteroatoms. The first kappa shape index (κ1) is 13.9. The van der Waals surface area contributed by atoms with Crippen molar-refractivity contribution in [3.8, 4) is 0 Å². The third-order valence-corrected chi connectivity index (χ3v) is 2.70. The Hall–Kier alpha value is -2.54. The van der Waals surface area contributed by atoms with Gasteiger partial charge in [0.05, 0.1) is 22.8 Å². The maximum Gasteiger partial charge on any atom is 0.335 e. The zero-order valence-electron chi connectivity index (χ0n) is 10.1. The summed E-state index contributed by atoms with van der Waals surface area (Å²) in [6.45, 7) is 0.202. The van der Waals surface area contributed by atoms with Gasteiger partial charge in [-0.15, -0.1) is 0 Å². The Morgan fingerprint density at radius 1 is 1.35 bits per heavy atom. The van der Waals surface area contributed by atoms with Crippen molar-refractivity contribution < 1.29 is 19.2 Å². The molecule has 2 amide bonds. The van der Waals surface area contributed by atoms with Gasteiger partial charge < -0.3 is 20.3 Å². The molecule has 0 aliphatic carbocycles. The van der Waals surface area contributed by atoms with Gasteiger partial charge >= 0.3 is 12.0 Å². The van der Waals surface area contributed by atoms with Gasteiger partial charge in [0.25, 0.3) is 0 Å². The van der Waals surface area contributed by atoms with Crippen LogP contribution in [0.15, 0.2) is 35.1 Å². The molecule has 3 N–H and O–H groups in total. The summed E-state index contributed by atoms with van der Waals surface area (Å²) in [7, 11) is 0.